The van der Waals surface area contributed by atoms with Crippen LogP contribution in [0.15, 0.2) is 6.20 Å². The van der Waals surface area contributed by atoms with E-state index >= 15 is 0 Å². The number of nitrogens with one attached hydrogen (secondary N) is 1. The molecule has 106 valence electrons. The van der Waals surface area contributed by atoms with Crippen molar-refractivity contribution in [3.63, 3.8) is 0 Å². The van der Waals surface area contributed by atoms with Crippen molar-refractivity contribution in [2.24, 2.45) is 11.8 Å². The third kappa shape index (κ3) is 3.30. The summed E-state index contributed by atoms with van der Waals surface area (Å²) in [7, 11) is 0. The van der Waals surface area contributed by atoms with Crippen LogP contribution in [-0.2, 0) is 6.54 Å². The molecule has 0 spiro atoms. The van der Waals surface area contributed by atoms with E-state index in [0.29, 0.717) is 6.04 Å². The van der Waals surface area contributed by atoms with Crippen LogP contribution in [0.4, 0.5) is 0 Å². The average molecular weight is 266 g/mol. The smallest absolute Gasteiger partial charge is 0.287 e. The van der Waals surface area contributed by atoms with E-state index in [4.69, 9.17) is 5.84 Å². The minimum absolute atomic E-state index is 0.252. The van der Waals surface area contributed by atoms with Gasteiger partial charge >= 0.3 is 0 Å². The summed E-state index contributed by atoms with van der Waals surface area (Å²) < 4.78 is 1.69. The SMILES string of the molecule is CC1CCCN(CCn2cc(C(=O)NN)nn2)C1C. The minimum atomic E-state index is -0.411. The quantitative estimate of drug-likeness (QED) is 0.455. The summed E-state index contributed by atoms with van der Waals surface area (Å²) in [6.07, 6.45) is 4.19. The molecule has 1 aromatic rings. The summed E-state index contributed by atoms with van der Waals surface area (Å²) in [6, 6.07) is 0.601. The zero-order chi connectivity index (χ0) is 13.8. The Morgan fingerprint density at radius 2 is 2.32 bits per heavy atom. The van der Waals surface area contributed by atoms with E-state index in [1.807, 2.05) is 5.43 Å². The minimum Gasteiger partial charge on any atom is -0.299 e. The molecule has 7 nitrogen and oxygen atoms in total. The van der Waals surface area contributed by atoms with Gasteiger partial charge in [0.2, 0.25) is 0 Å². The first kappa shape index (κ1) is 14.0. The van der Waals surface area contributed by atoms with E-state index in [1.165, 1.54) is 12.8 Å². The Labute approximate surface area is 113 Å². The van der Waals surface area contributed by atoms with Crippen LogP contribution >= 0.6 is 0 Å². The van der Waals surface area contributed by atoms with Crippen molar-refractivity contribution in [2.45, 2.75) is 39.3 Å². The Bertz CT molecular complexity index is 432. The molecule has 0 radical (unpaired) electrons. The molecule has 0 aromatic carbocycles. The van der Waals surface area contributed by atoms with E-state index in [9.17, 15) is 4.79 Å². The Kier molecular flexibility index (Phi) is 4.49. The average Bonchev–Trinajstić information content (AvgIpc) is 2.88. The van der Waals surface area contributed by atoms with Crippen LogP contribution in [0.3, 0.4) is 0 Å². The van der Waals surface area contributed by atoms with Crippen molar-refractivity contribution in [1.82, 2.24) is 25.3 Å². The molecule has 0 bridgehead atoms. The Balaban J connectivity index is 1.88. The first-order valence-electron chi connectivity index (χ1n) is 6.77. The number of hydrogen-bond acceptors (Lipinski definition) is 5. The van der Waals surface area contributed by atoms with Crippen LogP contribution in [0.25, 0.3) is 0 Å². The molecule has 1 aliphatic rings. The van der Waals surface area contributed by atoms with Crippen LogP contribution < -0.4 is 11.3 Å². The maximum Gasteiger partial charge on any atom is 0.287 e. The van der Waals surface area contributed by atoms with E-state index in [2.05, 4.69) is 29.1 Å². The molecule has 0 aliphatic carbocycles. The van der Waals surface area contributed by atoms with Gasteiger partial charge in [0.25, 0.3) is 5.91 Å². The molecule has 7 heteroatoms. The molecule has 0 saturated carbocycles. The molecule has 1 fully saturated rings. The monoisotopic (exact) mass is 266 g/mol. The molecule has 19 heavy (non-hydrogen) atoms. The van der Waals surface area contributed by atoms with Gasteiger partial charge in [-0.05, 0) is 32.2 Å². The van der Waals surface area contributed by atoms with E-state index in [0.717, 1.165) is 25.6 Å². The number of carbonyl (C=O) groups excluding carboxylic acids is 1. The highest BCUT2D eigenvalue weighted by molar-refractivity contribution is 5.91. The zero-order valence-corrected chi connectivity index (χ0v) is 11.5. The van der Waals surface area contributed by atoms with Gasteiger partial charge < -0.3 is 0 Å². The molecule has 2 heterocycles. The van der Waals surface area contributed by atoms with E-state index in [-0.39, 0.29) is 5.69 Å². The molecule has 1 saturated heterocycles. The first-order valence-corrected chi connectivity index (χ1v) is 6.77. The molecule has 2 atom stereocenters. The predicted octanol–water partition coefficient (Wildman–Crippen LogP) is 0.00200. The number of nitrogens with zero attached hydrogens (tertiary/aromatic N) is 4. The van der Waals surface area contributed by atoms with Crippen molar-refractivity contribution < 1.29 is 4.79 Å². The highest BCUT2D eigenvalue weighted by atomic mass is 16.2. The lowest BCUT2D eigenvalue weighted by Crippen LogP contribution is -2.43. The van der Waals surface area contributed by atoms with Crippen molar-refractivity contribution >= 4 is 5.91 Å². The molecule has 1 amide bonds. The van der Waals surface area contributed by atoms with Gasteiger partial charge in [0.15, 0.2) is 5.69 Å². The summed E-state index contributed by atoms with van der Waals surface area (Å²) in [5.74, 6) is 5.38. The van der Waals surface area contributed by atoms with E-state index < -0.39 is 5.91 Å². The summed E-state index contributed by atoms with van der Waals surface area (Å²) in [6.45, 7) is 7.38. The Morgan fingerprint density at radius 1 is 1.53 bits per heavy atom. The van der Waals surface area contributed by atoms with Gasteiger partial charge in [-0.1, -0.05) is 12.1 Å². The number of amides is 1. The van der Waals surface area contributed by atoms with Crippen molar-refractivity contribution in [1.29, 1.82) is 0 Å². The largest absolute Gasteiger partial charge is 0.299 e. The van der Waals surface area contributed by atoms with Crippen LogP contribution in [0, 0.1) is 5.92 Å². The fourth-order valence-electron chi connectivity index (χ4n) is 2.55. The van der Waals surface area contributed by atoms with Gasteiger partial charge in [-0.15, -0.1) is 5.10 Å². The molecule has 2 unspecified atom stereocenters. The Morgan fingerprint density at radius 3 is 3.05 bits per heavy atom. The highest BCUT2D eigenvalue weighted by Gasteiger charge is 2.24. The van der Waals surface area contributed by atoms with Gasteiger partial charge in [-0.25, -0.2) is 5.84 Å². The number of aromatic nitrogens is 3. The van der Waals surface area contributed by atoms with Crippen molar-refractivity contribution in [3.8, 4) is 0 Å². The maximum absolute atomic E-state index is 11.3. The van der Waals surface area contributed by atoms with Gasteiger partial charge in [-0.2, -0.15) is 0 Å². The number of nitrogen functional groups attached to an aromatic ring is 1. The fraction of sp³-hybridized carbons (Fsp3) is 0.750. The molecule has 1 aromatic heterocycles. The number of hydrazine groups is 1. The lowest BCUT2D eigenvalue weighted by molar-refractivity contribution is 0.0948. The number of hydrogen-bond donors (Lipinski definition) is 2. The lowest BCUT2D eigenvalue weighted by Gasteiger charge is -2.37. The van der Waals surface area contributed by atoms with E-state index in [1.54, 1.807) is 10.9 Å². The maximum atomic E-state index is 11.3. The lowest BCUT2D eigenvalue weighted by atomic mass is 9.92. The number of rotatable bonds is 4. The van der Waals surface area contributed by atoms with Crippen LogP contribution in [0.1, 0.15) is 37.2 Å². The van der Waals surface area contributed by atoms with Gasteiger partial charge in [0, 0.05) is 12.6 Å². The summed E-state index contributed by atoms with van der Waals surface area (Å²) >= 11 is 0. The number of nitrogens with two attached hydrogens (primary N) is 1. The number of carbonyl (C=O) groups is 1. The summed E-state index contributed by atoms with van der Waals surface area (Å²) in [5.41, 5.74) is 2.30. The van der Waals surface area contributed by atoms with Crippen LogP contribution in [0.5, 0.6) is 0 Å². The van der Waals surface area contributed by atoms with Gasteiger partial charge in [0.05, 0.1) is 12.7 Å². The fourth-order valence-corrected chi connectivity index (χ4v) is 2.55. The van der Waals surface area contributed by atoms with Gasteiger partial charge in [-0.3, -0.25) is 19.8 Å². The van der Waals surface area contributed by atoms with Crippen LogP contribution in [-0.4, -0.2) is 44.9 Å². The molecular formula is C12H22N6O. The third-order valence-corrected chi connectivity index (χ3v) is 4.02. The first-order chi connectivity index (χ1) is 9.11. The highest BCUT2D eigenvalue weighted by Crippen LogP contribution is 2.22. The topological polar surface area (TPSA) is 89.1 Å². The number of likely N-dealkylation sites (tertiary alicyclic amines) is 1. The summed E-state index contributed by atoms with van der Waals surface area (Å²) in [4.78, 5) is 13.7. The second-order valence-electron chi connectivity index (χ2n) is 5.24. The number of piperidine rings is 1. The molecular weight excluding hydrogens is 244 g/mol. The van der Waals surface area contributed by atoms with Crippen molar-refractivity contribution in [2.75, 3.05) is 13.1 Å². The second-order valence-corrected chi connectivity index (χ2v) is 5.24. The third-order valence-electron chi connectivity index (χ3n) is 4.02. The molecule has 2 rings (SSSR count). The second kappa shape index (κ2) is 6.12. The van der Waals surface area contributed by atoms with Crippen molar-refractivity contribution in [3.05, 3.63) is 11.9 Å². The standard InChI is InChI=1S/C12H22N6O/c1-9-4-3-5-17(10(9)2)6-7-18-8-11(15-16-18)12(19)14-13/h8-10H,3-7,13H2,1-2H3,(H,14,19). The summed E-state index contributed by atoms with van der Waals surface area (Å²) in [5, 5.41) is 7.72. The van der Waals surface area contributed by atoms with Crippen LogP contribution in [0.2, 0.25) is 0 Å². The molecule has 3 N–H and O–H groups in total. The molecule has 1 aliphatic heterocycles. The normalized spacial score (nSPS) is 24.4. The van der Waals surface area contributed by atoms with Gasteiger partial charge in [0.1, 0.15) is 0 Å². The Hall–Kier alpha value is -1.47. The zero-order valence-electron chi connectivity index (χ0n) is 11.5. The predicted molar refractivity (Wildman–Crippen MR) is 71.1 cm³/mol.